The summed E-state index contributed by atoms with van der Waals surface area (Å²) in [7, 11) is 5.23. The second-order valence-corrected chi connectivity index (χ2v) is 6.15. The normalized spacial score (nSPS) is 12.1. The van der Waals surface area contributed by atoms with E-state index >= 15 is 0 Å². The molecule has 25 heavy (non-hydrogen) atoms. The molecule has 0 radical (unpaired) electrons. The lowest BCUT2D eigenvalue weighted by atomic mass is 10.1. The second kappa shape index (κ2) is 9.30. The first-order chi connectivity index (χ1) is 12.0. The van der Waals surface area contributed by atoms with Gasteiger partial charge in [0, 0.05) is 24.7 Å². The maximum Gasteiger partial charge on any atom is 0.127 e. The zero-order valence-corrected chi connectivity index (χ0v) is 15.4. The summed E-state index contributed by atoms with van der Waals surface area (Å²) >= 11 is 0. The van der Waals surface area contributed by atoms with E-state index in [2.05, 4.69) is 0 Å². The highest BCUT2D eigenvalue weighted by molar-refractivity contribution is 5.40. The third-order valence-electron chi connectivity index (χ3n) is 3.92. The van der Waals surface area contributed by atoms with Crippen molar-refractivity contribution in [3.05, 3.63) is 53.6 Å². The van der Waals surface area contributed by atoms with E-state index in [1.165, 1.54) is 5.56 Å². The lowest BCUT2D eigenvalue weighted by Gasteiger charge is -2.22. The van der Waals surface area contributed by atoms with Crippen LogP contribution in [0.3, 0.4) is 0 Å². The van der Waals surface area contributed by atoms with E-state index in [1.807, 2.05) is 61.3 Å². The van der Waals surface area contributed by atoms with Crippen molar-refractivity contribution < 1.29 is 19.3 Å². The van der Waals surface area contributed by atoms with Crippen molar-refractivity contribution in [3.63, 3.8) is 0 Å². The van der Waals surface area contributed by atoms with Gasteiger partial charge in [-0.15, -0.1) is 0 Å². The number of aryl methyl sites for hydroxylation is 1. The summed E-state index contributed by atoms with van der Waals surface area (Å²) in [6, 6.07) is 13.5. The molecule has 2 aromatic rings. The highest BCUT2D eigenvalue weighted by Crippen LogP contribution is 2.25. The van der Waals surface area contributed by atoms with Crippen LogP contribution in [0.5, 0.6) is 17.2 Å². The Kier molecular flexibility index (Phi) is 7.10. The minimum absolute atomic E-state index is 0.257. The highest BCUT2D eigenvalue weighted by Gasteiger charge is 2.12. The van der Waals surface area contributed by atoms with Crippen LogP contribution in [0.4, 0.5) is 0 Å². The van der Waals surface area contributed by atoms with Gasteiger partial charge in [-0.25, -0.2) is 0 Å². The van der Waals surface area contributed by atoms with Crippen LogP contribution in [0.1, 0.15) is 11.1 Å². The molecule has 0 heterocycles. The Morgan fingerprint density at radius 3 is 2.32 bits per heavy atom. The number of benzene rings is 2. The molecule has 2 aromatic carbocycles. The van der Waals surface area contributed by atoms with Crippen LogP contribution < -0.4 is 14.2 Å². The van der Waals surface area contributed by atoms with Crippen LogP contribution in [-0.2, 0) is 6.54 Å². The van der Waals surface area contributed by atoms with Gasteiger partial charge in [0.2, 0.25) is 0 Å². The van der Waals surface area contributed by atoms with Crippen LogP contribution in [0, 0.1) is 6.92 Å². The van der Waals surface area contributed by atoms with E-state index in [9.17, 15) is 5.11 Å². The van der Waals surface area contributed by atoms with Crippen molar-refractivity contribution in [1.29, 1.82) is 0 Å². The molecule has 0 amide bonds. The number of hydrogen-bond donors (Lipinski definition) is 1. The minimum atomic E-state index is -0.574. The average Bonchev–Trinajstić information content (AvgIpc) is 2.61. The molecule has 2 rings (SSSR count). The molecule has 0 spiro atoms. The SMILES string of the molecule is COc1ccc(CN(C)CC(O)COc2ccc(C)cc2)c(OC)c1. The number of methoxy groups -OCH3 is 2. The van der Waals surface area contributed by atoms with E-state index in [1.54, 1.807) is 14.2 Å². The van der Waals surface area contributed by atoms with Crippen molar-refractivity contribution >= 4 is 0 Å². The summed E-state index contributed by atoms with van der Waals surface area (Å²) in [4.78, 5) is 2.04. The van der Waals surface area contributed by atoms with E-state index in [0.29, 0.717) is 13.1 Å². The number of rotatable bonds is 9. The molecule has 1 N–H and O–H groups in total. The molecule has 0 aliphatic rings. The Balaban J connectivity index is 1.84. The summed E-state index contributed by atoms with van der Waals surface area (Å²) < 4.78 is 16.3. The highest BCUT2D eigenvalue weighted by atomic mass is 16.5. The van der Waals surface area contributed by atoms with Gasteiger partial charge in [0.1, 0.15) is 30.0 Å². The van der Waals surface area contributed by atoms with Crippen molar-refractivity contribution in [2.45, 2.75) is 19.6 Å². The van der Waals surface area contributed by atoms with Gasteiger partial charge in [0.25, 0.3) is 0 Å². The summed E-state index contributed by atoms with van der Waals surface area (Å²) in [6.45, 7) is 3.45. The molecule has 0 aliphatic heterocycles. The Morgan fingerprint density at radius 2 is 1.68 bits per heavy atom. The molecule has 1 unspecified atom stereocenters. The van der Waals surface area contributed by atoms with Gasteiger partial charge in [0.05, 0.1) is 14.2 Å². The fraction of sp³-hybridized carbons (Fsp3) is 0.400. The van der Waals surface area contributed by atoms with Gasteiger partial charge < -0.3 is 19.3 Å². The molecule has 1 atom stereocenters. The van der Waals surface area contributed by atoms with Crippen LogP contribution >= 0.6 is 0 Å². The van der Waals surface area contributed by atoms with E-state index < -0.39 is 6.10 Å². The minimum Gasteiger partial charge on any atom is -0.497 e. The number of aliphatic hydroxyl groups is 1. The molecule has 0 aliphatic carbocycles. The zero-order valence-electron chi connectivity index (χ0n) is 15.4. The van der Waals surface area contributed by atoms with Crippen molar-refractivity contribution in [1.82, 2.24) is 4.90 Å². The molecule has 136 valence electrons. The Bertz CT molecular complexity index is 657. The molecule has 0 aromatic heterocycles. The maximum atomic E-state index is 10.2. The first-order valence-electron chi connectivity index (χ1n) is 8.28. The van der Waals surface area contributed by atoms with Gasteiger partial charge in [-0.05, 0) is 32.2 Å². The maximum absolute atomic E-state index is 10.2. The molecular formula is C20H27NO4. The third kappa shape index (κ3) is 5.96. The largest absolute Gasteiger partial charge is 0.497 e. The standard InChI is InChI=1S/C20H27NO4/c1-15-5-8-18(9-6-15)25-14-17(22)13-21(2)12-16-7-10-19(23-3)11-20(16)24-4/h5-11,17,22H,12-14H2,1-4H3. The van der Waals surface area contributed by atoms with Gasteiger partial charge >= 0.3 is 0 Å². The smallest absolute Gasteiger partial charge is 0.127 e. The number of hydrogen-bond acceptors (Lipinski definition) is 5. The predicted molar refractivity (Wildman–Crippen MR) is 98.6 cm³/mol. The average molecular weight is 345 g/mol. The quantitative estimate of drug-likeness (QED) is 0.757. The van der Waals surface area contributed by atoms with Crippen LogP contribution in [0.15, 0.2) is 42.5 Å². The lowest BCUT2D eigenvalue weighted by Crippen LogP contribution is -2.32. The summed E-state index contributed by atoms with van der Waals surface area (Å²) in [5, 5.41) is 10.2. The fourth-order valence-corrected chi connectivity index (χ4v) is 2.58. The van der Waals surface area contributed by atoms with E-state index in [4.69, 9.17) is 14.2 Å². The van der Waals surface area contributed by atoms with E-state index in [0.717, 1.165) is 22.8 Å². The summed E-state index contributed by atoms with van der Waals surface area (Å²) in [5.41, 5.74) is 2.22. The second-order valence-electron chi connectivity index (χ2n) is 6.15. The van der Waals surface area contributed by atoms with Crippen LogP contribution in [0.25, 0.3) is 0 Å². The molecule has 5 heteroatoms. The van der Waals surface area contributed by atoms with Crippen molar-refractivity contribution in [2.24, 2.45) is 0 Å². The predicted octanol–water partition coefficient (Wildman–Crippen LogP) is 2.88. The Morgan fingerprint density at radius 1 is 1.00 bits per heavy atom. The first-order valence-corrected chi connectivity index (χ1v) is 8.28. The third-order valence-corrected chi connectivity index (χ3v) is 3.92. The number of likely N-dealkylation sites (N-methyl/N-ethyl adjacent to an activating group) is 1. The van der Waals surface area contributed by atoms with Gasteiger partial charge in [-0.3, -0.25) is 4.90 Å². The van der Waals surface area contributed by atoms with Gasteiger partial charge in [0.15, 0.2) is 0 Å². The Labute approximate surface area is 149 Å². The van der Waals surface area contributed by atoms with Gasteiger partial charge in [-0.2, -0.15) is 0 Å². The van der Waals surface area contributed by atoms with Crippen LogP contribution in [-0.4, -0.2) is 50.5 Å². The summed E-state index contributed by atoms with van der Waals surface area (Å²) in [6.07, 6.45) is -0.574. The monoisotopic (exact) mass is 345 g/mol. The van der Waals surface area contributed by atoms with Gasteiger partial charge in [-0.1, -0.05) is 23.8 Å². The molecule has 0 fully saturated rings. The molecule has 0 bridgehead atoms. The first kappa shape index (κ1) is 19.1. The fourth-order valence-electron chi connectivity index (χ4n) is 2.58. The van der Waals surface area contributed by atoms with Crippen LogP contribution in [0.2, 0.25) is 0 Å². The zero-order chi connectivity index (χ0) is 18.2. The number of nitrogens with zero attached hydrogens (tertiary/aromatic N) is 1. The Hall–Kier alpha value is -2.24. The molecule has 0 saturated heterocycles. The molecular weight excluding hydrogens is 318 g/mol. The summed E-state index contributed by atoms with van der Waals surface area (Å²) in [5.74, 6) is 2.30. The lowest BCUT2D eigenvalue weighted by molar-refractivity contribution is 0.0741. The number of ether oxygens (including phenoxy) is 3. The number of aliphatic hydroxyl groups excluding tert-OH is 1. The van der Waals surface area contributed by atoms with E-state index in [-0.39, 0.29) is 6.61 Å². The molecule has 5 nitrogen and oxygen atoms in total. The topological polar surface area (TPSA) is 51.2 Å². The molecule has 0 saturated carbocycles. The van der Waals surface area contributed by atoms with Crippen molar-refractivity contribution in [2.75, 3.05) is 34.4 Å². The van der Waals surface area contributed by atoms with Crippen molar-refractivity contribution in [3.8, 4) is 17.2 Å².